The molecule has 2 heterocycles. The minimum absolute atomic E-state index is 0.391. The predicted molar refractivity (Wildman–Crippen MR) is 78.3 cm³/mol. The van der Waals surface area contributed by atoms with E-state index >= 15 is 0 Å². The second kappa shape index (κ2) is 4.63. The van der Waals surface area contributed by atoms with Gasteiger partial charge in [-0.15, -0.1) is 11.3 Å². The molecule has 1 aliphatic carbocycles. The lowest BCUT2D eigenvalue weighted by molar-refractivity contribution is 0.554. The molecule has 0 aromatic carbocycles. The Morgan fingerprint density at radius 1 is 1.33 bits per heavy atom. The van der Waals surface area contributed by atoms with Gasteiger partial charge in [0.1, 0.15) is 0 Å². The highest BCUT2D eigenvalue weighted by atomic mass is 35.5. The summed E-state index contributed by atoms with van der Waals surface area (Å²) in [6.45, 7) is 4.26. The van der Waals surface area contributed by atoms with E-state index in [1.165, 1.54) is 41.1 Å². The van der Waals surface area contributed by atoms with Crippen LogP contribution in [0.15, 0.2) is 18.2 Å². The van der Waals surface area contributed by atoms with E-state index < -0.39 is 0 Å². The van der Waals surface area contributed by atoms with Crippen LogP contribution in [0.4, 0.5) is 0 Å². The first-order chi connectivity index (χ1) is 8.65. The minimum Gasteiger partial charge on any atom is -0.318 e. The van der Waals surface area contributed by atoms with Crippen molar-refractivity contribution in [2.75, 3.05) is 5.43 Å². The molecule has 3 rings (SSSR count). The fraction of sp³-hybridized carbons (Fsp3) is 0.429. The molecule has 2 nitrogen and oxygen atoms in total. The summed E-state index contributed by atoms with van der Waals surface area (Å²) >= 11 is 7.88. The van der Waals surface area contributed by atoms with Crippen molar-refractivity contribution in [1.82, 2.24) is 4.68 Å². The zero-order valence-corrected chi connectivity index (χ0v) is 12.2. The fourth-order valence-electron chi connectivity index (χ4n) is 2.68. The molecule has 96 valence electrons. The molecule has 1 N–H and O–H groups in total. The maximum atomic E-state index is 6.14. The molecule has 0 saturated heterocycles. The van der Waals surface area contributed by atoms with Crippen LogP contribution < -0.4 is 5.43 Å². The summed E-state index contributed by atoms with van der Waals surface area (Å²) < 4.78 is 3.10. The molecule has 4 heteroatoms. The maximum absolute atomic E-state index is 6.14. The Bertz CT molecular complexity index is 551. The number of rotatable bonds is 2. The van der Waals surface area contributed by atoms with Gasteiger partial charge in [-0.1, -0.05) is 11.6 Å². The average molecular weight is 281 g/mol. The highest BCUT2D eigenvalue weighted by molar-refractivity contribution is 7.16. The lowest BCUT2D eigenvalue weighted by Crippen LogP contribution is -2.25. The van der Waals surface area contributed by atoms with Crippen molar-refractivity contribution in [3.63, 3.8) is 0 Å². The molecule has 0 radical (unpaired) electrons. The van der Waals surface area contributed by atoms with Crippen molar-refractivity contribution in [2.24, 2.45) is 0 Å². The van der Waals surface area contributed by atoms with Gasteiger partial charge in [0, 0.05) is 16.3 Å². The van der Waals surface area contributed by atoms with Crippen LogP contribution in [-0.2, 0) is 6.42 Å². The van der Waals surface area contributed by atoms with E-state index in [-0.39, 0.29) is 0 Å². The summed E-state index contributed by atoms with van der Waals surface area (Å²) in [5, 5.41) is 0. The Morgan fingerprint density at radius 2 is 2.06 bits per heavy atom. The molecule has 0 fully saturated rings. The third-order valence-corrected chi connectivity index (χ3v) is 4.98. The lowest BCUT2D eigenvalue weighted by atomic mass is 9.95. The van der Waals surface area contributed by atoms with Gasteiger partial charge in [0.25, 0.3) is 0 Å². The topological polar surface area (TPSA) is 17.0 Å². The molecule has 18 heavy (non-hydrogen) atoms. The van der Waals surface area contributed by atoms with Gasteiger partial charge in [0.2, 0.25) is 0 Å². The van der Waals surface area contributed by atoms with E-state index in [4.69, 9.17) is 11.6 Å². The Labute approximate surface area is 117 Å². The zero-order chi connectivity index (χ0) is 12.7. The highest BCUT2D eigenvalue weighted by Crippen LogP contribution is 2.38. The van der Waals surface area contributed by atoms with Crippen LogP contribution in [0, 0.1) is 13.8 Å². The van der Waals surface area contributed by atoms with E-state index in [1.807, 2.05) is 0 Å². The largest absolute Gasteiger partial charge is 0.318 e. The molecule has 0 spiro atoms. The number of thiophene rings is 1. The third-order valence-electron chi connectivity index (χ3n) is 3.64. The van der Waals surface area contributed by atoms with E-state index in [9.17, 15) is 0 Å². The van der Waals surface area contributed by atoms with Gasteiger partial charge < -0.3 is 5.43 Å². The van der Waals surface area contributed by atoms with Crippen molar-refractivity contribution in [3.8, 4) is 0 Å². The lowest BCUT2D eigenvalue weighted by Gasteiger charge is -2.26. The van der Waals surface area contributed by atoms with E-state index in [0.29, 0.717) is 6.04 Å². The van der Waals surface area contributed by atoms with Gasteiger partial charge in [-0.05, 0) is 56.9 Å². The second-order valence-corrected chi connectivity index (χ2v) is 6.72. The van der Waals surface area contributed by atoms with Crippen molar-refractivity contribution < 1.29 is 0 Å². The summed E-state index contributed by atoms with van der Waals surface area (Å²) in [6.07, 6.45) is 3.59. The normalized spacial score (nSPS) is 18.7. The molecule has 0 amide bonds. The highest BCUT2D eigenvalue weighted by Gasteiger charge is 2.23. The number of hydrogen-bond acceptors (Lipinski definition) is 2. The van der Waals surface area contributed by atoms with Gasteiger partial charge in [-0.2, -0.15) is 0 Å². The first-order valence-corrected chi connectivity index (χ1v) is 7.54. The summed E-state index contributed by atoms with van der Waals surface area (Å²) in [7, 11) is 0. The van der Waals surface area contributed by atoms with Crippen molar-refractivity contribution >= 4 is 22.9 Å². The van der Waals surface area contributed by atoms with Gasteiger partial charge in [0.05, 0.1) is 10.4 Å². The number of halogens is 1. The van der Waals surface area contributed by atoms with Gasteiger partial charge in [-0.3, -0.25) is 4.68 Å². The quantitative estimate of drug-likeness (QED) is 0.860. The number of aryl methyl sites for hydroxylation is 3. The van der Waals surface area contributed by atoms with Gasteiger partial charge in [0.15, 0.2) is 0 Å². The summed E-state index contributed by atoms with van der Waals surface area (Å²) in [4.78, 5) is 1.45. The number of aromatic nitrogens is 1. The Kier molecular flexibility index (Phi) is 3.12. The van der Waals surface area contributed by atoms with E-state index in [0.717, 1.165) is 4.34 Å². The van der Waals surface area contributed by atoms with Crippen molar-refractivity contribution in [3.05, 3.63) is 44.4 Å². The molecular formula is C14H17ClN2S. The van der Waals surface area contributed by atoms with Crippen LogP contribution >= 0.6 is 22.9 Å². The summed E-state index contributed by atoms with van der Waals surface area (Å²) in [5.41, 5.74) is 7.53. The van der Waals surface area contributed by atoms with Crippen LogP contribution in [0.25, 0.3) is 0 Å². The molecule has 1 unspecified atom stereocenters. The molecule has 1 aliphatic rings. The van der Waals surface area contributed by atoms with Crippen molar-refractivity contribution in [1.29, 1.82) is 0 Å². The summed E-state index contributed by atoms with van der Waals surface area (Å²) in [6, 6.07) is 6.81. The SMILES string of the molecule is Cc1ccc(C)n1NC1CCCc2sc(Cl)cc21. The number of fused-ring (bicyclic) bond motifs is 1. The Balaban J connectivity index is 1.91. The predicted octanol–water partition coefficient (Wildman–Crippen LogP) is 4.44. The van der Waals surface area contributed by atoms with Crippen LogP contribution in [-0.4, -0.2) is 4.68 Å². The van der Waals surface area contributed by atoms with Crippen LogP contribution in [0.2, 0.25) is 4.34 Å². The van der Waals surface area contributed by atoms with Crippen LogP contribution in [0.5, 0.6) is 0 Å². The maximum Gasteiger partial charge on any atom is 0.0934 e. The molecule has 2 aromatic heterocycles. The summed E-state index contributed by atoms with van der Waals surface area (Å²) in [5.74, 6) is 0. The van der Waals surface area contributed by atoms with Crippen LogP contribution in [0.1, 0.15) is 40.7 Å². The molecule has 0 saturated carbocycles. The first kappa shape index (κ1) is 12.1. The monoisotopic (exact) mass is 280 g/mol. The fourth-order valence-corrected chi connectivity index (χ4v) is 4.07. The standard InChI is InChI=1S/C14H17ClN2S/c1-9-6-7-10(2)17(9)16-12-4-3-5-13-11(12)8-14(15)18-13/h6-8,12,16H,3-5H2,1-2H3. The average Bonchev–Trinajstić information content (AvgIpc) is 2.86. The van der Waals surface area contributed by atoms with Crippen molar-refractivity contribution in [2.45, 2.75) is 39.2 Å². The molecule has 1 atom stereocenters. The molecule has 2 aromatic rings. The number of nitrogens with one attached hydrogen (secondary N) is 1. The molecule has 0 aliphatic heterocycles. The van der Waals surface area contributed by atoms with Crippen LogP contribution in [0.3, 0.4) is 0 Å². The minimum atomic E-state index is 0.391. The molecular weight excluding hydrogens is 264 g/mol. The smallest absolute Gasteiger partial charge is 0.0934 e. The van der Waals surface area contributed by atoms with E-state index in [2.05, 4.69) is 42.1 Å². The first-order valence-electron chi connectivity index (χ1n) is 6.35. The number of nitrogens with zero attached hydrogens (tertiary/aromatic N) is 1. The Hall–Kier alpha value is -0.930. The van der Waals surface area contributed by atoms with Gasteiger partial charge >= 0.3 is 0 Å². The van der Waals surface area contributed by atoms with E-state index in [1.54, 1.807) is 11.3 Å². The third kappa shape index (κ3) is 2.06. The zero-order valence-electron chi connectivity index (χ0n) is 10.7. The number of hydrogen-bond donors (Lipinski definition) is 1. The Morgan fingerprint density at radius 3 is 2.78 bits per heavy atom. The molecule has 0 bridgehead atoms. The van der Waals surface area contributed by atoms with Gasteiger partial charge in [-0.25, -0.2) is 0 Å². The second-order valence-electron chi connectivity index (χ2n) is 4.95.